The second-order valence-corrected chi connectivity index (χ2v) is 3.71. The summed E-state index contributed by atoms with van der Waals surface area (Å²) in [5.74, 6) is -0.954. The van der Waals surface area contributed by atoms with Crippen LogP contribution in [0.3, 0.4) is 0 Å². The molecule has 0 aliphatic rings. The van der Waals surface area contributed by atoms with Gasteiger partial charge in [0.05, 0.1) is 25.2 Å². The number of rotatable bonds is 3. The highest BCUT2D eigenvalue weighted by Crippen LogP contribution is 2.12. The number of esters is 1. The minimum Gasteiger partial charge on any atom is -0.463 e. The number of aromatic amines is 1. The lowest BCUT2D eigenvalue weighted by atomic mass is 10.3. The number of carbonyl (C=O) groups excluding carboxylic acids is 2. The third-order valence-corrected chi connectivity index (χ3v) is 2.52. The molecule has 19 heavy (non-hydrogen) atoms. The molecule has 0 bridgehead atoms. The Morgan fingerprint density at radius 2 is 2.16 bits per heavy atom. The summed E-state index contributed by atoms with van der Waals surface area (Å²) < 4.78 is 4.51. The van der Waals surface area contributed by atoms with Gasteiger partial charge < -0.3 is 14.6 Å². The zero-order valence-corrected chi connectivity index (χ0v) is 10.5. The van der Waals surface area contributed by atoms with Crippen LogP contribution in [0.2, 0.25) is 0 Å². The van der Waals surface area contributed by atoms with Crippen LogP contribution >= 0.6 is 0 Å². The highest BCUT2D eigenvalue weighted by atomic mass is 16.5. The monoisotopic (exact) mass is 260 g/mol. The van der Waals surface area contributed by atoms with Gasteiger partial charge in [0.15, 0.2) is 0 Å². The molecule has 0 spiro atoms. The van der Waals surface area contributed by atoms with Gasteiger partial charge in [-0.25, -0.2) is 9.78 Å². The number of aromatic nitrogens is 3. The van der Waals surface area contributed by atoms with E-state index in [1.807, 2.05) is 0 Å². The fourth-order valence-corrected chi connectivity index (χ4v) is 1.48. The molecule has 0 aliphatic carbocycles. The summed E-state index contributed by atoms with van der Waals surface area (Å²) in [6, 6.07) is 3.48. The maximum Gasteiger partial charge on any atom is 0.374 e. The van der Waals surface area contributed by atoms with Crippen LogP contribution < -0.4 is 4.90 Å². The van der Waals surface area contributed by atoms with Gasteiger partial charge in [-0.3, -0.25) is 9.78 Å². The van der Waals surface area contributed by atoms with E-state index in [0.717, 1.165) is 0 Å². The van der Waals surface area contributed by atoms with E-state index in [4.69, 9.17) is 0 Å². The molecule has 0 atom stereocenters. The third kappa shape index (κ3) is 2.59. The predicted octanol–water partition coefficient (Wildman–Crippen LogP) is 0.868. The molecule has 0 saturated heterocycles. The van der Waals surface area contributed by atoms with Crippen molar-refractivity contribution in [3.63, 3.8) is 0 Å². The number of amides is 1. The van der Waals surface area contributed by atoms with Crippen LogP contribution in [0.4, 0.5) is 5.69 Å². The Hall–Kier alpha value is -2.70. The Bertz CT molecular complexity index is 594. The van der Waals surface area contributed by atoms with Gasteiger partial charge in [0, 0.05) is 13.2 Å². The average Bonchev–Trinajstić information content (AvgIpc) is 2.95. The van der Waals surface area contributed by atoms with Gasteiger partial charge in [-0.15, -0.1) is 0 Å². The number of nitrogens with zero attached hydrogens (tertiary/aromatic N) is 3. The number of carbonyl (C=O) groups is 2. The van der Waals surface area contributed by atoms with Crippen LogP contribution in [0, 0.1) is 0 Å². The molecule has 2 aromatic rings. The zero-order valence-electron chi connectivity index (χ0n) is 10.5. The van der Waals surface area contributed by atoms with Crippen molar-refractivity contribution in [2.24, 2.45) is 0 Å². The molecule has 0 aromatic carbocycles. The second kappa shape index (κ2) is 5.30. The zero-order chi connectivity index (χ0) is 13.8. The number of H-pyrrole nitrogens is 1. The molecule has 7 nitrogen and oxygen atoms in total. The number of hydrogen-bond donors (Lipinski definition) is 1. The largest absolute Gasteiger partial charge is 0.463 e. The van der Waals surface area contributed by atoms with Crippen molar-refractivity contribution in [1.29, 1.82) is 0 Å². The van der Waals surface area contributed by atoms with Gasteiger partial charge in [0.2, 0.25) is 5.82 Å². The van der Waals surface area contributed by atoms with Crippen molar-refractivity contribution in [2.45, 2.75) is 0 Å². The molecule has 2 rings (SSSR count). The van der Waals surface area contributed by atoms with Gasteiger partial charge >= 0.3 is 5.97 Å². The van der Waals surface area contributed by atoms with Gasteiger partial charge in [0.25, 0.3) is 5.91 Å². The topological polar surface area (TPSA) is 88.2 Å². The molecule has 0 radical (unpaired) electrons. The first-order valence-electron chi connectivity index (χ1n) is 5.45. The van der Waals surface area contributed by atoms with Crippen LogP contribution in [0.15, 0.2) is 30.7 Å². The lowest BCUT2D eigenvalue weighted by Crippen LogP contribution is -2.26. The first-order chi connectivity index (χ1) is 9.13. The van der Waals surface area contributed by atoms with Crippen LogP contribution in [0.25, 0.3) is 0 Å². The van der Waals surface area contributed by atoms with E-state index >= 15 is 0 Å². The molecule has 1 amide bonds. The fourth-order valence-electron chi connectivity index (χ4n) is 1.48. The molecule has 2 aromatic heterocycles. The summed E-state index contributed by atoms with van der Waals surface area (Å²) in [5, 5.41) is 0. The van der Waals surface area contributed by atoms with Crippen LogP contribution in [-0.4, -0.2) is 41.0 Å². The number of hydrogen-bond acceptors (Lipinski definition) is 5. The summed E-state index contributed by atoms with van der Waals surface area (Å²) in [5.41, 5.74) is 0.841. The summed E-state index contributed by atoms with van der Waals surface area (Å²) in [7, 11) is 2.85. The molecule has 0 saturated carbocycles. The Morgan fingerprint density at radius 3 is 2.79 bits per heavy atom. The number of anilines is 1. The molecule has 1 N–H and O–H groups in total. The smallest absolute Gasteiger partial charge is 0.374 e. The number of methoxy groups -OCH3 is 1. The first-order valence-corrected chi connectivity index (χ1v) is 5.45. The van der Waals surface area contributed by atoms with Gasteiger partial charge in [-0.1, -0.05) is 0 Å². The standard InChI is InChI=1S/C12H12N4O3/c1-16(8-4-3-5-13-6-8)11(17)9-7-14-10(15-9)12(18)19-2/h3-7H,1-2H3,(H,14,15). The van der Waals surface area contributed by atoms with Crippen molar-refractivity contribution in [1.82, 2.24) is 15.0 Å². The molecular formula is C12H12N4O3. The summed E-state index contributed by atoms with van der Waals surface area (Å²) in [4.78, 5) is 35.1. The van der Waals surface area contributed by atoms with Crippen LogP contribution in [0.5, 0.6) is 0 Å². The van der Waals surface area contributed by atoms with Crippen molar-refractivity contribution in [3.8, 4) is 0 Å². The van der Waals surface area contributed by atoms with Crippen molar-refractivity contribution < 1.29 is 14.3 Å². The highest BCUT2D eigenvalue weighted by molar-refractivity contribution is 6.04. The van der Waals surface area contributed by atoms with E-state index in [9.17, 15) is 9.59 Å². The van der Waals surface area contributed by atoms with Crippen molar-refractivity contribution >= 4 is 17.6 Å². The predicted molar refractivity (Wildman–Crippen MR) is 66.9 cm³/mol. The Labute approximate surface area is 109 Å². The van der Waals surface area contributed by atoms with E-state index in [1.54, 1.807) is 31.6 Å². The summed E-state index contributed by atoms with van der Waals surface area (Å²) in [6.45, 7) is 0. The summed E-state index contributed by atoms with van der Waals surface area (Å²) >= 11 is 0. The lowest BCUT2D eigenvalue weighted by Gasteiger charge is -2.15. The third-order valence-electron chi connectivity index (χ3n) is 2.52. The van der Waals surface area contributed by atoms with Crippen molar-refractivity contribution in [3.05, 3.63) is 42.2 Å². The van der Waals surface area contributed by atoms with Crippen LogP contribution in [-0.2, 0) is 4.74 Å². The molecule has 0 unspecified atom stereocenters. The Kier molecular flexibility index (Phi) is 3.56. The SMILES string of the molecule is COC(=O)c1ncc(C(=O)N(C)c2cccnc2)[nH]1. The van der Waals surface area contributed by atoms with Crippen molar-refractivity contribution in [2.75, 3.05) is 19.1 Å². The number of pyridine rings is 1. The fraction of sp³-hybridized carbons (Fsp3) is 0.167. The van der Waals surface area contributed by atoms with E-state index < -0.39 is 5.97 Å². The van der Waals surface area contributed by atoms with Gasteiger partial charge in [-0.05, 0) is 12.1 Å². The normalized spacial score (nSPS) is 10.0. The number of nitrogens with one attached hydrogen (secondary N) is 1. The second-order valence-electron chi connectivity index (χ2n) is 3.71. The lowest BCUT2D eigenvalue weighted by molar-refractivity contribution is 0.0588. The van der Waals surface area contributed by atoms with Gasteiger partial charge in [0.1, 0.15) is 5.69 Å². The Balaban J connectivity index is 2.20. The Morgan fingerprint density at radius 1 is 1.37 bits per heavy atom. The van der Waals surface area contributed by atoms with Gasteiger partial charge in [-0.2, -0.15) is 0 Å². The molecule has 7 heteroatoms. The minimum atomic E-state index is -0.622. The number of ether oxygens (including phenoxy) is 1. The molecular weight excluding hydrogens is 248 g/mol. The highest BCUT2D eigenvalue weighted by Gasteiger charge is 2.18. The molecule has 98 valence electrons. The maximum absolute atomic E-state index is 12.1. The first kappa shape index (κ1) is 12.7. The molecule has 2 heterocycles. The quantitative estimate of drug-likeness (QED) is 0.827. The maximum atomic E-state index is 12.1. The van der Waals surface area contributed by atoms with E-state index in [-0.39, 0.29) is 17.4 Å². The van der Waals surface area contributed by atoms with E-state index in [0.29, 0.717) is 5.69 Å². The van der Waals surface area contributed by atoms with Crippen LogP contribution in [0.1, 0.15) is 21.1 Å². The number of imidazole rings is 1. The summed E-state index contributed by atoms with van der Waals surface area (Å²) in [6.07, 6.45) is 4.48. The van der Waals surface area contributed by atoms with E-state index in [1.165, 1.54) is 18.2 Å². The average molecular weight is 260 g/mol. The molecule has 0 aliphatic heterocycles. The molecule has 0 fully saturated rings. The minimum absolute atomic E-state index is 0.00885. The van der Waals surface area contributed by atoms with E-state index in [2.05, 4.69) is 19.7 Å².